The number of rotatable bonds is 3. The zero-order chi connectivity index (χ0) is 24.8. The van der Waals surface area contributed by atoms with Gasteiger partial charge in [-0.3, -0.25) is 0 Å². The molecular weight excluding hydrogens is 436 g/mol. The summed E-state index contributed by atoms with van der Waals surface area (Å²) in [7, 11) is 0. The molecule has 0 saturated carbocycles. The van der Waals surface area contributed by atoms with Crippen molar-refractivity contribution in [2.45, 2.75) is 27.7 Å². The van der Waals surface area contributed by atoms with Crippen LogP contribution in [0.2, 0.25) is 0 Å². The van der Waals surface area contributed by atoms with Gasteiger partial charge in [0.2, 0.25) is 0 Å². The molecule has 1 aliphatic rings. The van der Waals surface area contributed by atoms with Crippen LogP contribution in [0, 0.1) is 27.7 Å². The normalized spacial score (nSPS) is 14.8. The van der Waals surface area contributed by atoms with Gasteiger partial charge >= 0.3 is 0 Å². The van der Waals surface area contributed by atoms with Crippen LogP contribution in [-0.2, 0) is 0 Å². The standard InChI is InChI=1S/C34H28N2/c1-21-11-8-12-22(2)31(21)35-33-28-18-10-17-27-26(25-15-6-5-7-16-25)19-20-29(30(27)28)34(33)36-32-23(3)13-9-14-24(32)4/h5-20H,1-4H3. The fraction of sp³-hybridized carbons (Fsp3) is 0.118. The molecule has 0 saturated heterocycles. The van der Waals surface area contributed by atoms with Crippen LogP contribution in [0.1, 0.15) is 33.4 Å². The summed E-state index contributed by atoms with van der Waals surface area (Å²) in [6.07, 6.45) is 0. The highest BCUT2D eigenvalue weighted by Gasteiger charge is 2.29. The molecule has 0 fully saturated rings. The lowest BCUT2D eigenvalue weighted by Gasteiger charge is -2.10. The van der Waals surface area contributed by atoms with Gasteiger partial charge in [0, 0.05) is 16.5 Å². The molecule has 5 aromatic carbocycles. The lowest BCUT2D eigenvalue weighted by Crippen LogP contribution is -2.10. The minimum Gasteiger partial charge on any atom is -0.246 e. The molecular formula is C34H28N2. The van der Waals surface area contributed by atoms with Gasteiger partial charge in [-0.2, -0.15) is 0 Å². The molecule has 0 amide bonds. The highest BCUT2D eigenvalue weighted by Crippen LogP contribution is 2.40. The Bertz CT molecular complexity index is 1590. The molecule has 1 aliphatic carbocycles. The molecule has 5 aromatic rings. The molecule has 36 heavy (non-hydrogen) atoms. The van der Waals surface area contributed by atoms with Gasteiger partial charge in [-0.25, -0.2) is 9.98 Å². The van der Waals surface area contributed by atoms with Crippen LogP contribution in [0.5, 0.6) is 0 Å². The summed E-state index contributed by atoms with van der Waals surface area (Å²) in [5.74, 6) is 0. The van der Waals surface area contributed by atoms with E-state index >= 15 is 0 Å². The number of aryl methyl sites for hydroxylation is 4. The van der Waals surface area contributed by atoms with E-state index in [0.29, 0.717) is 0 Å². The first-order valence-electron chi connectivity index (χ1n) is 12.4. The predicted molar refractivity (Wildman–Crippen MR) is 154 cm³/mol. The maximum Gasteiger partial charge on any atom is 0.0979 e. The van der Waals surface area contributed by atoms with E-state index in [1.807, 2.05) is 0 Å². The van der Waals surface area contributed by atoms with Gasteiger partial charge in [-0.1, -0.05) is 97.1 Å². The van der Waals surface area contributed by atoms with Crippen molar-refractivity contribution in [3.05, 3.63) is 130 Å². The van der Waals surface area contributed by atoms with Gasteiger partial charge in [-0.05, 0) is 66.5 Å². The quantitative estimate of drug-likeness (QED) is 0.254. The van der Waals surface area contributed by atoms with Gasteiger partial charge in [0.1, 0.15) is 0 Å². The highest BCUT2D eigenvalue weighted by molar-refractivity contribution is 6.61. The van der Waals surface area contributed by atoms with Crippen LogP contribution in [0.4, 0.5) is 11.4 Å². The topological polar surface area (TPSA) is 24.7 Å². The summed E-state index contributed by atoms with van der Waals surface area (Å²) < 4.78 is 0. The van der Waals surface area contributed by atoms with E-state index in [0.717, 1.165) is 33.9 Å². The molecule has 0 aromatic heterocycles. The average Bonchev–Trinajstić information content (AvgIpc) is 3.18. The SMILES string of the molecule is Cc1cccc(C)c1N=C1C(=Nc2c(C)cccc2C)c2ccc(-c3ccccc3)c3cccc1c23. The highest BCUT2D eigenvalue weighted by atomic mass is 14.8. The lowest BCUT2D eigenvalue weighted by atomic mass is 9.95. The third-order valence-corrected chi connectivity index (χ3v) is 7.19. The van der Waals surface area contributed by atoms with Crippen LogP contribution < -0.4 is 0 Å². The van der Waals surface area contributed by atoms with Gasteiger partial charge in [0.05, 0.1) is 22.8 Å². The zero-order valence-electron chi connectivity index (χ0n) is 21.1. The zero-order valence-corrected chi connectivity index (χ0v) is 21.1. The number of aliphatic imine (C=N–C) groups is 2. The molecule has 0 bridgehead atoms. The Hall–Kier alpha value is -4.30. The van der Waals surface area contributed by atoms with Gasteiger partial charge in [-0.15, -0.1) is 0 Å². The summed E-state index contributed by atoms with van der Waals surface area (Å²) >= 11 is 0. The van der Waals surface area contributed by atoms with Crippen LogP contribution >= 0.6 is 0 Å². The van der Waals surface area contributed by atoms with Crippen LogP contribution in [0.25, 0.3) is 21.9 Å². The number of benzene rings is 5. The first-order chi connectivity index (χ1) is 17.5. The molecule has 0 unspecified atom stereocenters. The Morgan fingerprint density at radius 2 is 0.889 bits per heavy atom. The van der Waals surface area contributed by atoms with E-state index in [1.165, 1.54) is 44.2 Å². The molecule has 0 aliphatic heterocycles. The van der Waals surface area contributed by atoms with Gasteiger partial charge in [0.15, 0.2) is 0 Å². The molecule has 0 radical (unpaired) electrons. The van der Waals surface area contributed by atoms with Crippen LogP contribution in [0.3, 0.4) is 0 Å². The summed E-state index contributed by atoms with van der Waals surface area (Å²) in [5, 5.41) is 2.46. The van der Waals surface area contributed by atoms with Crippen molar-refractivity contribution >= 4 is 33.6 Å². The smallest absolute Gasteiger partial charge is 0.0979 e. The van der Waals surface area contributed by atoms with E-state index in [-0.39, 0.29) is 0 Å². The molecule has 6 rings (SSSR count). The second-order valence-corrected chi connectivity index (χ2v) is 9.66. The number of para-hydroxylation sites is 2. The third kappa shape index (κ3) is 3.58. The van der Waals surface area contributed by atoms with Crippen molar-refractivity contribution in [3.63, 3.8) is 0 Å². The minimum atomic E-state index is 0.945. The second-order valence-electron chi connectivity index (χ2n) is 9.66. The van der Waals surface area contributed by atoms with E-state index in [2.05, 4.69) is 125 Å². The van der Waals surface area contributed by atoms with E-state index in [1.54, 1.807) is 0 Å². The van der Waals surface area contributed by atoms with E-state index in [4.69, 9.17) is 9.98 Å². The fourth-order valence-corrected chi connectivity index (χ4v) is 5.34. The Labute approximate surface area is 212 Å². The van der Waals surface area contributed by atoms with Crippen molar-refractivity contribution in [2.75, 3.05) is 0 Å². The Balaban J connectivity index is 1.69. The molecule has 0 heterocycles. The van der Waals surface area contributed by atoms with Crippen LogP contribution in [0.15, 0.2) is 107 Å². The average molecular weight is 465 g/mol. The van der Waals surface area contributed by atoms with Crippen molar-refractivity contribution in [1.29, 1.82) is 0 Å². The summed E-state index contributed by atoms with van der Waals surface area (Å²) in [5.41, 5.74) is 13.4. The maximum atomic E-state index is 5.32. The molecule has 0 spiro atoms. The minimum absolute atomic E-state index is 0.945. The number of nitrogens with zero attached hydrogens (tertiary/aromatic N) is 2. The number of hydrogen-bond acceptors (Lipinski definition) is 2. The molecule has 2 heteroatoms. The summed E-state index contributed by atoms with van der Waals surface area (Å²) in [6, 6.07) is 34.4. The van der Waals surface area contributed by atoms with E-state index in [9.17, 15) is 0 Å². The van der Waals surface area contributed by atoms with E-state index < -0.39 is 0 Å². The summed E-state index contributed by atoms with van der Waals surface area (Å²) in [6.45, 7) is 8.52. The largest absolute Gasteiger partial charge is 0.246 e. The first kappa shape index (κ1) is 22.2. The molecule has 2 nitrogen and oxygen atoms in total. The molecule has 0 N–H and O–H groups in total. The fourth-order valence-electron chi connectivity index (χ4n) is 5.34. The van der Waals surface area contributed by atoms with Gasteiger partial charge < -0.3 is 0 Å². The monoisotopic (exact) mass is 464 g/mol. The van der Waals surface area contributed by atoms with Crippen molar-refractivity contribution in [2.24, 2.45) is 9.98 Å². The number of hydrogen-bond donors (Lipinski definition) is 0. The summed E-state index contributed by atoms with van der Waals surface area (Å²) in [4.78, 5) is 10.6. The molecule has 174 valence electrons. The van der Waals surface area contributed by atoms with Crippen LogP contribution in [-0.4, -0.2) is 11.4 Å². The predicted octanol–water partition coefficient (Wildman–Crippen LogP) is 9.00. The lowest BCUT2D eigenvalue weighted by molar-refractivity contribution is 1.32. The Morgan fingerprint density at radius 1 is 0.417 bits per heavy atom. The first-order valence-corrected chi connectivity index (χ1v) is 12.4. The van der Waals surface area contributed by atoms with Crippen molar-refractivity contribution < 1.29 is 0 Å². The van der Waals surface area contributed by atoms with Crippen molar-refractivity contribution in [1.82, 2.24) is 0 Å². The second kappa shape index (κ2) is 8.73. The Kier molecular flexibility index (Phi) is 5.38. The van der Waals surface area contributed by atoms with Crippen molar-refractivity contribution in [3.8, 4) is 11.1 Å². The van der Waals surface area contributed by atoms with Gasteiger partial charge in [0.25, 0.3) is 0 Å². The third-order valence-electron chi connectivity index (χ3n) is 7.19. The maximum absolute atomic E-state index is 5.32. The Morgan fingerprint density at radius 3 is 1.44 bits per heavy atom. The molecule has 0 atom stereocenters.